The number of thiazole rings is 2. The molecule has 0 aliphatic carbocycles. The molecule has 2 N–H and O–H groups in total. The van der Waals surface area contributed by atoms with Gasteiger partial charge < -0.3 is 15.0 Å². The SMILES string of the molecule is COc1ccc(Cl)cc1-n1c(=S)sc2c(=O)[nH]c(SCC(=O)Nc3nccs3)nc21. The lowest BCUT2D eigenvalue weighted by Crippen LogP contribution is -2.15. The molecule has 0 saturated heterocycles. The van der Waals surface area contributed by atoms with Gasteiger partial charge in [-0.15, -0.1) is 11.3 Å². The Morgan fingerprint density at radius 1 is 1.47 bits per heavy atom. The van der Waals surface area contributed by atoms with Crippen LogP contribution < -0.4 is 15.6 Å². The van der Waals surface area contributed by atoms with Gasteiger partial charge in [0.05, 0.1) is 18.6 Å². The number of H-pyrrole nitrogens is 1. The van der Waals surface area contributed by atoms with Gasteiger partial charge in [-0.1, -0.05) is 34.7 Å². The lowest BCUT2D eigenvalue weighted by Gasteiger charge is -2.11. The zero-order valence-electron chi connectivity index (χ0n) is 15.2. The molecule has 0 spiro atoms. The van der Waals surface area contributed by atoms with Gasteiger partial charge in [0.2, 0.25) is 5.91 Å². The van der Waals surface area contributed by atoms with E-state index in [-0.39, 0.29) is 17.2 Å². The second-order valence-electron chi connectivity index (χ2n) is 5.72. The van der Waals surface area contributed by atoms with Gasteiger partial charge in [0.1, 0.15) is 10.4 Å². The summed E-state index contributed by atoms with van der Waals surface area (Å²) < 4.78 is 7.86. The second-order valence-corrected chi connectivity index (χ2v) is 9.66. The van der Waals surface area contributed by atoms with Crippen molar-refractivity contribution in [1.82, 2.24) is 19.5 Å². The number of hydrogen-bond donors (Lipinski definition) is 2. The van der Waals surface area contributed by atoms with E-state index < -0.39 is 0 Å². The largest absolute Gasteiger partial charge is 0.495 e. The van der Waals surface area contributed by atoms with Crippen molar-refractivity contribution in [1.29, 1.82) is 0 Å². The Bertz CT molecular complexity index is 1350. The Labute approximate surface area is 191 Å². The lowest BCUT2D eigenvalue weighted by molar-refractivity contribution is -0.113. The maximum absolute atomic E-state index is 12.6. The zero-order chi connectivity index (χ0) is 21.3. The minimum absolute atomic E-state index is 0.0549. The van der Waals surface area contributed by atoms with Crippen LogP contribution in [-0.4, -0.2) is 38.3 Å². The molecule has 30 heavy (non-hydrogen) atoms. The number of aromatic amines is 1. The molecule has 0 aliphatic heterocycles. The van der Waals surface area contributed by atoms with Crippen molar-refractivity contribution in [2.45, 2.75) is 5.16 Å². The number of methoxy groups -OCH3 is 1. The molecular formula is C17H12ClN5O3S4. The van der Waals surface area contributed by atoms with Crippen molar-refractivity contribution in [3.63, 3.8) is 0 Å². The molecule has 3 aromatic heterocycles. The highest BCUT2D eigenvalue weighted by Crippen LogP contribution is 2.31. The Balaban J connectivity index is 1.70. The van der Waals surface area contributed by atoms with Gasteiger partial charge in [-0.2, -0.15) is 0 Å². The normalized spacial score (nSPS) is 11.0. The fourth-order valence-corrected chi connectivity index (χ4v) is 5.21. The molecule has 0 unspecified atom stereocenters. The summed E-state index contributed by atoms with van der Waals surface area (Å²) in [6.45, 7) is 0. The number of ether oxygens (including phenoxy) is 1. The Morgan fingerprint density at radius 2 is 2.30 bits per heavy atom. The molecule has 1 aromatic carbocycles. The number of halogens is 1. The van der Waals surface area contributed by atoms with Crippen LogP contribution in [0, 0.1) is 3.95 Å². The first-order chi connectivity index (χ1) is 14.5. The number of rotatable bonds is 6. The van der Waals surface area contributed by atoms with Crippen molar-refractivity contribution in [3.05, 3.63) is 49.1 Å². The molecule has 3 heterocycles. The minimum atomic E-state index is -0.335. The van der Waals surface area contributed by atoms with Crippen molar-refractivity contribution < 1.29 is 9.53 Å². The number of benzene rings is 1. The van der Waals surface area contributed by atoms with E-state index in [4.69, 9.17) is 28.6 Å². The number of anilines is 1. The fraction of sp³-hybridized carbons (Fsp3) is 0.118. The van der Waals surface area contributed by atoms with Gasteiger partial charge in [0.25, 0.3) is 5.56 Å². The molecule has 0 fully saturated rings. The molecule has 0 bridgehead atoms. The molecule has 0 atom stereocenters. The Hall–Kier alpha value is -2.25. The summed E-state index contributed by atoms with van der Waals surface area (Å²) >= 11 is 15.2. The highest BCUT2D eigenvalue weighted by Gasteiger charge is 2.17. The van der Waals surface area contributed by atoms with Crippen LogP contribution >= 0.6 is 58.3 Å². The van der Waals surface area contributed by atoms with Crippen molar-refractivity contribution in [3.8, 4) is 11.4 Å². The van der Waals surface area contributed by atoms with Gasteiger partial charge in [-0.05, 0) is 30.4 Å². The van der Waals surface area contributed by atoms with Crippen LogP contribution in [0.1, 0.15) is 0 Å². The van der Waals surface area contributed by atoms with E-state index in [0.717, 1.165) is 23.1 Å². The van der Waals surface area contributed by atoms with Crippen LogP contribution in [0.3, 0.4) is 0 Å². The van der Waals surface area contributed by atoms with Crippen LogP contribution in [0.5, 0.6) is 5.75 Å². The van der Waals surface area contributed by atoms with E-state index in [1.165, 1.54) is 18.4 Å². The van der Waals surface area contributed by atoms with Gasteiger partial charge >= 0.3 is 0 Å². The molecule has 0 aliphatic rings. The third kappa shape index (κ3) is 4.27. The molecule has 13 heteroatoms. The van der Waals surface area contributed by atoms with E-state index in [1.54, 1.807) is 34.3 Å². The number of fused-ring (bicyclic) bond motifs is 1. The Morgan fingerprint density at radius 3 is 3.03 bits per heavy atom. The van der Waals surface area contributed by atoms with Crippen LogP contribution in [0.15, 0.2) is 39.7 Å². The first-order valence-corrected chi connectivity index (χ1v) is 11.7. The number of nitrogens with one attached hydrogen (secondary N) is 2. The predicted octanol–water partition coefficient (Wildman–Crippen LogP) is 4.35. The monoisotopic (exact) mass is 497 g/mol. The topological polar surface area (TPSA) is 102 Å². The van der Waals surface area contributed by atoms with Crippen LogP contribution in [0.2, 0.25) is 5.02 Å². The third-order valence-electron chi connectivity index (χ3n) is 3.82. The number of carbonyl (C=O) groups is 1. The van der Waals surface area contributed by atoms with E-state index >= 15 is 0 Å². The molecule has 0 saturated carbocycles. The number of hydrogen-bond acceptors (Lipinski definition) is 9. The average Bonchev–Trinajstić information content (AvgIpc) is 3.33. The Kier molecular flexibility index (Phi) is 6.20. The van der Waals surface area contributed by atoms with E-state index in [0.29, 0.717) is 41.0 Å². The molecule has 8 nitrogen and oxygen atoms in total. The van der Waals surface area contributed by atoms with E-state index in [2.05, 4.69) is 20.3 Å². The summed E-state index contributed by atoms with van der Waals surface area (Å²) in [6, 6.07) is 5.11. The number of nitrogens with zero attached hydrogens (tertiary/aromatic N) is 3. The maximum atomic E-state index is 12.6. The highest BCUT2D eigenvalue weighted by molar-refractivity contribution is 7.99. The first-order valence-electron chi connectivity index (χ1n) is 8.28. The lowest BCUT2D eigenvalue weighted by atomic mass is 10.3. The summed E-state index contributed by atoms with van der Waals surface area (Å²) in [5.41, 5.74) is 0.618. The number of aromatic nitrogens is 4. The van der Waals surface area contributed by atoms with E-state index in [1.807, 2.05) is 0 Å². The summed E-state index contributed by atoms with van der Waals surface area (Å²) in [5, 5.41) is 5.75. The van der Waals surface area contributed by atoms with E-state index in [9.17, 15) is 9.59 Å². The molecule has 0 radical (unpaired) electrons. The van der Waals surface area contributed by atoms with Crippen molar-refractivity contribution in [2.75, 3.05) is 18.2 Å². The molecule has 154 valence electrons. The molecule has 4 rings (SSSR count). The average molecular weight is 498 g/mol. The van der Waals surface area contributed by atoms with Crippen LogP contribution in [0.25, 0.3) is 16.0 Å². The molecular weight excluding hydrogens is 486 g/mol. The molecule has 4 aromatic rings. The van der Waals surface area contributed by atoms with Gasteiger partial charge in [0.15, 0.2) is 19.9 Å². The summed E-state index contributed by atoms with van der Waals surface area (Å²) in [7, 11) is 1.54. The minimum Gasteiger partial charge on any atom is -0.495 e. The maximum Gasteiger partial charge on any atom is 0.271 e. The number of carbonyl (C=O) groups excluding carboxylic acids is 1. The summed E-state index contributed by atoms with van der Waals surface area (Å²) in [5.74, 6) is 0.338. The van der Waals surface area contributed by atoms with Gasteiger partial charge in [-0.25, -0.2) is 9.97 Å². The summed E-state index contributed by atoms with van der Waals surface area (Å²) in [4.78, 5) is 35.9. The standard InChI is InChI=1S/C17H12ClN5O3S4/c1-26-10-3-2-8(18)6-9(10)23-13-12(30-17(23)27)14(25)22-16(21-13)29-7-11(24)20-15-19-4-5-28-15/h2-6H,7H2,1H3,(H,19,20,24)(H,21,22,25). The fourth-order valence-electron chi connectivity index (χ4n) is 2.59. The van der Waals surface area contributed by atoms with Crippen molar-refractivity contribution in [2.24, 2.45) is 0 Å². The number of thioether (sulfide) groups is 1. The van der Waals surface area contributed by atoms with Crippen molar-refractivity contribution >= 4 is 79.6 Å². The smallest absolute Gasteiger partial charge is 0.271 e. The zero-order valence-corrected chi connectivity index (χ0v) is 19.2. The first kappa shape index (κ1) is 21.0. The number of amides is 1. The van der Waals surface area contributed by atoms with Gasteiger partial charge in [-0.3, -0.25) is 14.2 Å². The summed E-state index contributed by atoms with van der Waals surface area (Å²) in [6.07, 6.45) is 1.60. The quantitative estimate of drug-likeness (QED) is 0.232. The van der Waals surface area contributed by atoms with Gasteiger partial charge in [0, 0.05) is 16.6 Å². The molecule has 1 amide bonds. The second kappa shape index (κ2) is 8.86. The third-order valence-corrected chi connectivity index (χ3v) is 6.98. The van der Waals surface area contributed by atoms with Crippen LogP contribution in [0.4, 0.5) is 5.13 Å². The predicted molar refractivity (Wildman–Crippen MR) is 123 cm³/mol. The highest BCUT2D eigenvalue weighted by atomic mass is 35.5. The van der Waals surface area contributed by atoms with Crippen LogP contribution in [-0.2, 0) is 4.79 Å².